The zero-order valence-corrected chi connectivity index (χ0v) is 13.4. The predicted molar refractivity (Wildman–Crippen MR) is 80.0 cm³/mol. The summed E-state index contributed by atoms with van der Waals surface area (Å²) in [7, 11) is 1.13. The van der Waals surface area contributed by atoms with Crippen molar-refractivity contribution in [2.24, 2.45) is 0 Å². The number of alkyl halides is 2. The predicted octanol–water partition coefficient (Wildman–Crippen LogP) is 2.33. The second-order valence-electron chi connectivity index (χ2n) is 4.66. The lowest BCUT2D eigenvalue weighted by atomic mass is 10.2. The van der Waals surface area contributed by atoms with Crippen molar-refractivity contribution in [3.8, 4) is 0 Å². The van der Waals surface area contributed by atoms with Crippen LogP contribution in [0.1, 0.15) is 29.2 Å². The molecule has 1 aromatic heterocycles. The molecule has 112 valence electrons. The Bertz CT molecular complexity index is 470. The number of nitrogens with zero attached hydrogens (tertiary/aromatic N) is 3. The fourth-order valence-corrected chi connectivity index (χ4v) is 2.95. The van der Waals surface area contributed by atoms with Crippen LogP contribution < -0.4 is 0 Å². The number of hydrogen-bond acceptors (Lipinski definition) is 5. The van der Waals surface area contributed by atoms with Crippen LogP contribution in [0.15, 0.2) is 12.4 Å². The summed E-state index contributed by atoms with van der Waals surface area (Å²) in [6.45, 7) is -0.290. The minimum Gasteiger partial charge on any atom is -0.386 e. The molecule has 1 unspecified atom stereocenters. The van der Waals surface area contributed by atoms with Crippen molar-refractivity contribution in [2.45, 2.75) is 31.4 Å². The van der Waals surface area contributed by atoms with E-state index in [1.165, 1.54) is 10.5 Å². The minimum absolute atomic E-state index is 0.0340. The quantitative estimate of drug-likeness (QED) is 0.400. The summed E-state index contributed by atoms with van der Waals surface area (Å²) >= 11 is 1.90. The van der Waals surface area contributed by atoms with Crippen LogP contribution in [0, 0.1) is 0 Å². The molecule has 1 aliphatic rings. The molecule has 0 aliphatic heterocycles. The summed E-state index contributed by atoms with van der Waals surface area (Å²) in [6.07, 6.45) is 0.782. The fraction of sp³-hybridized carbons (Fsp3) is 0.636. The van der Waals surface area contributed by atoms with Gasteiger partial charge in [-0.3, -0.25) is 9.48 Å². The number of aliphatic hydroxyl groups excluding tert-OH is 1. The summed E-state index contributed by atoms with van der Waals surface area (Å²) in [4.78, 5) is 12.0. The molecule has 0 radical (unpaired) electrons. The molecule has 1 aromatic rings. The lowest BCUT2D eigenvalue weighted by molar-refractivity contribution is -0.0112. The van der Waals surface area contributed by atoms with E-state index in [2.05, 4.69) is 5.10 Å². The molecule has 0 spiro atoms. The van der Waals surface area contributed by atoms with E-state index in [1.807, 2.05) is 21.2 Å². The number of Topliss-reactive ketones (excluding diaryl/α,β-unsaturated/α-hetero) is 1. The smallest absolute Gasteiger partial charge is 0.265 e. The molecule has 2 rings (SSSR count). The average molecular weight is 417 g/mol. The van der Waals surface area contributed by atoms with Crippen LogP contribution in [0.25, 0.3) is 0 Å². The maximum Gasteiger partial charge on any atom is 0.265 e. The molecule has 0 bridgehead atoms. The maximum atomic E-state index is 12.3. The molecule has 1 heterocycles. The van der Waals surface area contributed by atoms with Gasteiger partial charge in [0.1, 0.15) is 6.10 Å². The largest absolute Gasteiger partial charge is 0.386 e. The van der Waals surface area contributed by atoms with Crippen LogP contribution >= 0.6 is 30.3 Å². The fourth-order valence-electron chi connectivity index (χ4n) is 1.68. The van der Waals surface area contributed by atoms with Gasteiger partial charge in [-0.15, -0.1) is 0 Å². The van der Waals surface area contributed by atoms with E-state index < -0.39 is 12.5 Å². The molecule has 1 saturated carbocycles. The molecule has 0 amide bonds. The number of rotatable bonds is 8. The summed E-state index contributed by atoms with van der Waals surface area (Å²) in [5.74, 6) is -0.192. The molecule has 5 nitrogen and oxygen atoms in total. The number of halogens is 3. The van der Waals surface area contributed by atoms with E-state index in [9.17, 15) is 13.6 Å². The molecule has 1 fully saturated rings. The number of aliphatic hydroxyl groups is 1. The molecule has 0 aromatic carbocycles. The van der Waals surface area contributed by atoms with Gasteiger partial charge in [0.2, 0.25) is 0 Å². The Morgan fingerprint density at radius 3 is 2.90 bits per heavy atom. The second-order valence-corrected chi connectivity index (χ2v) is 6.49. The van der Waals surface area contributed by atoms with Crippen molar-refractivity contribution in [3.63, 3.8) is 0 Å². The molecule has 20 heavy (non-hydrogen) atoms. The van der Waals surface area contributed by atoms with E-state index in [-0.39, 0.29) is 18.9 Å². The first kappa shape index (κ1) is 16.1. The summed E-state index contributed by atoms with van der Waals surface area (Å²) < 4.78 is 27.8. The van der Waals surface area contributed by atoms with E-state index in [4.69, 9.17) is 5.11 Å². The Hall–Kier alpha value is -0.260. The third-order valence-electron chi connectivity index (χ3n) is 2.94. The van der Waals surface area contributed by atoms with E-state index in [0.717, 1.165) is 22.0 Å². The lowest BCUT2D eigenvalue weighted by Gasteiger charge is -2.19. The molecular formula is C11H14F2IN3O2S. The van der Waals surface area contributed by atoms with E-state index in [1.54, 1.807) is 10.9 Å². The second kappa shape index (κ2) is 7.14. The Morgan fingerprint density at radius 2 is 2.35 bits per heavy atom. The highest BCUT2D eigenvalue weighted by atomic mass is 127. The van der Waals surface area contributed by atoms with Gasteiger partial charge in [0.15, 0.2) is 5.78 Å². The molecule has 0 saturated heterocycles. The molecular weight excluding hydrogens is 403 g/mol. The summed E-state index contributed by atoms with van der Waals surface area (Å²) in [5.41, 5.74) is 0.471. The zero-order valence-electron chi connectivity index (χ0n) is 10.5. The highest BCUT2D eigenvalue weighted by Gasteiger charge is 2.26. The van der Waals surface area contributed by atoms with Crippen molar-refractivity contribution in [2.75, 3.05) is 13.1 Å². The van der Waals surface area contributed by atoms with Gasteiger partial charge in [0.25, 0.3) is 6.43 Å². The van der Waals surface area contributed by atoms with Gasteiger partial charge >= 0.3 is 0 Å². The van der Waals surface area contributed by atoms with Gasteiger partial charge in [-0.1, -0.05) is 0 Å². The van der Waals surface area contributed by atoms with Gasteiger partial charge < -0.3 is 5.11 Å². The van der Waals surface area contributed by atoms with Gasteiger partial charge in [0, 0.05) is 33.9 Å². The van der Waals surface area contributed by atoms with Gasteiger partial charge in [0.05, 0.1) is 24.3 Å². The van der Waals surface area contributed by atoms with Crippen molar-refractivity contribution < 1.29 is 18.7 Å². The third-order valence-corrected chi connectivity index (χ3v) is 5.09. The zero-order chi connectivity index (χ0) is 14.7. The number of hydrogen-bond donors (Lipinski definition) is 1. The van der Waals surface area contributed by atoms with Crippen molar-refractivity contribution >= 4 is 36.1 Å². The van der Waals surface area contributed by atoms with E-state index >= 15 is 0 Å². The molecule has 1 aliphatic carbocycles. The summed E-state index contributed by atoms with van der Waals surface area (Å²) in [6, 6.07) is 0.396. The standard InChI is InChI=1S/C11H14F2IN3O2S/c12-11(13)10(19)6-16(20-14)5-9(18)7-3-15-17(4-7)8-1-2-8/h3-4,8,10-11,19H,1-2,5-6H2. The van der Waals surface area contributed by atoms with E-state index in [0.29, 0.717) is 11.6 Å². The van der Waals surface area contributed by atoms with Crippen LogP contribution in [-0.2, 0) is 0 Å². The molecule has 9 heteroatoms. The van der Waals surface area contributed by atoms with Crippen molar-refractivity contribution in [3.05, 3.63) is 18.0 Å². The number of carbonyl (C=O) groups excluding carboxylic acids is 1. The van der Waals surface area contributed by atoms with Crippen LogP contribution in [0.2, 0.25) is 0 Å². The highest BCUT2D eigenvalue weighted by molar-refractivity contribution is 14.2. The first-order valence-corrected chi connectivity index (χ1v) is 9.40. The topological polar surface area (TPSA) is 58.4 Å². The average Bonchev–Trinajstić information content (AvgIpc) is 3.15. The van der Waals surface area contributed by atoms with Crippen LogP contribution in [-0.4, -0.2) is 50.6 Å². The van der Waals surface area contributed by atoms with Crippen LogP contribution in [0.4, 0.5) is 8.78 Å². The van der Waals surface area contributed by atoms with Crippen LogP contribution in [0.3, 0.4) is 0 Å². The lowest BCUT2D eigenvalue weighted by Crippen LogP contribution is -2.34. The summed E-state index contributed by atoms with van der Waals surface area (Å²) in [5, 5.41) is 13.3. The first-order valence-electron chi connectivity index (χ1n) is 6.08. The SMILES string of the molecule is O=C(CN(CC(O)C(F)F)SI)c1cnn(C2CC2)c1. The Balaban J connectivity index is 1.90. The van der Waals surface area contributed by atoms with Crippen molar-refractivity contribution in [1.29, 1.82) is 0 Å². The Kier molecular flexibility index (Phi) is 5.75. The van der Waals surface area contributed by atoms with Gasteiger partial charge in [-0.25, -0.2) is 13.1 Å². The minimum atomic E-state index is -2.81. The van der Waals surface area contributed by atoms with Crippen LogP contribution in [0.5, 0.6) is 0 Å². The monoisotopic (exact) mass is 417 g/mol. The normalized spacial score (nSPS) is 16.9. The maximum absolute atomic E-state index is 12.3. The van der Waals surface area contributed by atoms with Gasteiger partial charge in [-0.05, 0) is 22.0 Å². The molecule has 1 atom stereocenters. The van der Waals surface area contributed by atoms with Crippen molar-refractivity contribution in [1.82, 2.24) is 14.1 Å². The highest BCUT2D eigenvalue weighted by Crippen LogP contribution is 2.34. The third kappa shape index (κ3) is 4.37. The number of ketones is 1. The number of carbonyl (C=O) groups is 1. The van der Waals surface area contributed by atoms with Gasteiger partial charge in [-0.2, -0.15) is 5.10 Å². The Labute approximate surface area is 131 Å². The number of aromatic nitrogens is 2. The first-order chi connectivity index (χ1) is 9.51. The molecule has 1 N–H and O–H groups in total. The Morgan fingerprint density at radius 1 is 1.65 bits per heavy atom.